The van der Waals surface area contributed by atoms with Crippen molar-refractivity contribution in [2.75, 3.05) is 40.0 Å². The van der Waals surface area contributed by atoms with Crippen molar-refractivity contribution in [2.24, 2.45) is 5.73 Å². The Bertz CT molecular complexity index is 178. The summed E-state index contributed by atoms with van der Waals surface area (Å²) in [4.78, 5) is 2.43. The number of nitrogens with zero attached hydrogens (tertiary/aromatic N) is 1. The summed E-state index contributed by atoms with van der Waals surface area (Å²) in [6.45, 7) is 6.89. The van der Waals surface area contributed by atoms with Gasteiger partial charge in [-0.1, -0.05) is 6.92 Å². The quantitative estimate of drug-likeness (QED) is 0.659. The Morgan fingerprint density at radius 1 is 1.56 bits per heavy atom. The summed E-state index contributed by atoms with van der Waals surface area (Å²) in [5, 5.41) is 0. The Morgan fingerprint density at radius 3 is 3.06 bits per heavy atom. The monoisotopic (exact) mass is 230 g/mol. The highest BCUT2D eigenvalue weighted by Crippen LogP contribution is 2.09. The average molecular weight is 230 g/mol. The summed E-state index contributed by atoms with van der Waals surface area (Å²) in [6, 6.07) is 0.269. The second-order valence-corrected chi connectivity index (χ2v) is 4.56. The molecule has 0 spiro atoms. The Morgan fingerprint density at radius 2 is 2.38 bits per heavy atom. The van der Waals surface area contributed by atoms with Gasteiger partial charge in [0.2, 0.25) is 0 Å². The lowest BCUT2D eigenvalue weighted by atomic mass is 10.1. The fourth-order valence-corrected chi connectivity index (χ4v) is 2.11. The molecule has 0 aromatic heterocycles. The second-order valence-electron chi connectivity index (χ2n) is 4.56. The van der Waals surface area contributed by atoms with Crippen LogP contribution in [0.2, 0.25) is 0 Å². The molecule has 4 nitrogen and oxygen atoms in total. The Balaban J connectivity index is 2.14. The van der Waals surface area contributed by atoms with Crippen LogP contribution in [-0.2, 0) is 9.47 Å². The van der Waals surface area contributed by atoms with Crippen molar-refractivity contribution in [3.63, 3.8) is 0 Å². The zero-order valence-electron chi connectivity index (χ0n) is 10.7. The number of hydrogen-bond acceptors (Lipinski definition) is 4. The maximum atomic E-state index is 6.09. The van der Waals surface area contributed by atoms with Crippen LogP contribution in [0.4, 0.5) is 0 Å². The zero-order valence-corrected chi connectivity index (χ0v) is 10.7. The SMILES string of the molecule is CCC1CN(CC(N)CCCOC)CCO1. The standard InChI is InChI=1S/C12H26N2O2/c1-3-12-10-14(6-8-16-12)9-11(13)5-4-7-15-2/h11-12H,3-10,13H2,1-2H3. The summed E-state index contributed by atoms with van der Waals surface area (Å²) in [7, 11) is 1.74. The van der Waals surface area contributed by atoms with Gasteiger partial charge in [0.15, 0.2) is 0 Å². The fraction of sp³-hybridized carbons (Fsp3) is 1.00. The van der Waals surface area contributed by atoms with Crippen LogP contribution in [0.1, 0.15) is 26.2 Å². The Hall–Kier alpha value is -0.160. The van der Waals surface area contributed by atoms with E-state index in [-0.39, 0.29) is 6.04 Å². The summed E-state index contributed by atoms with van der Waals surface area (Å²) in [5.74, 6) is 0. The summed E-state index contributed by atoms with van der Waals surface area (Å²) < 4.78 is 10.7. The first-order valence-electron chi connectivity index (χ1n) is 6.34. The molecule has 0 saturated carbocycles. The Labute approximate surface area is 99.1 Å². The third-order valence-corrected chi connectivity index (χ3v) is 3.09. The molecule has 2 N–H and O–H groups in total. The van der Waals surface area contributed by atoms with Crippen LogP contribution in [0.15, 0.2) is 0 Å². The highest BCUT2D eigenvalue weighted by atomic mass is 16.5. The van der Waals surface area contributed by atoms with Crippen molar-refractivity contribution in [3.8, 4) is 0 Å². The number of hydrogen-bond donors (Lipinski definition) is 1. The van der Waals surface area contributed by atoms with Crippen LogP contribution in [0, 0.1) is 0 Å². The predicted octanol–water partition coefficient (Wildman–Crippen LogP) is 0.851. The fourth-order valence-electron chi connectivity index (χ4n) is 2.11. The maximum Gasteiger partial charge on any atom is 0.0700 e. The molecule has 0 amide bonds. The first-order chi connectivity index (χ1) is 7.76. The van der Waals surface area contributed by atoms with E-state index in [2.05, 4.69) is 11.8 Å². The van der Waals surface area contributed by atoms with E-state index < -0.39 is 0 Å². The number of rotatable bonds is 7. The van der Waals surface area contributed by atoms with Gasteiger partial charge in [-0.25, -0.2) is 0 Å². The molecule has 1 aliphatic rings. The van der Waals surface area contributed by atoms with E-state index in [9.17, 15) is 0 Å². The van der Waals surface area contributed by atoms with Crippen molar-refractivity contribution in [1.29, 1.82) is 0 Å². The molecule has 1 heterocycles. The van der Waals surface area contributed by atoms with Gasteiger partial charge in [-0.15, -0.1) is 0 Å². The molecule has 0 aromatic rings. The third-order valence-electron chi connectivity index (χ3n) is 3.09. The predicted molar refractivity (Wildman–Crippen MR) is 65.6 cm³/mol. The van der Waals surface area contributed by atoms with Crippen molar-refractivity contribution < 1.29 is 9.47 Å². The largest absolute Gasteiger partial charge is 0.385 e. The van der Waals surface area contributed by atoms with Crippen LogP contribution >= 0.6 is 0 Å². The average Bonchev–Trinajstić information content (AvgIpc) is 2.29. The van der Waals surface area contributed by atoms with Gasteiger partial charge in [-0.05, 0) is 19.3 Å². The molecular formula is C12H26N2O2. The van der Waals surface area contributed by atoms with Gasteiger partial charge in [-0.2, -0.15) is 0 Å². The minimum Gasteiger partial charge on any atom is -0.385 e. The lowest BCUT2D eigenvalue weighted by molar-refractivity contribution is -0.0314. The van der Waals surface area contributed by atoms with Crippen molar-refractivity contribution in [2.45, 2.75) is 38.3 Å². The summed E-state index contributed by atoms with van der Waals surface area (Å²) >= 11 is 0. The number of methoxy groups -OCH3 is 1. The molecule has 1 aliphatic heterocycles. The van der Waals surface area contributed by atoms with Gasteiger partial charge in [0, 0.05) is 39.4 Å². The van der Waals surface area contributed by atoms with Gasteiger partial charge in [0.25, 0.3) is 0 Å². The molecule has 1 saturated heterocycles. The normalized spacial score (nSPS) is 24.6. The lowest BCUT2D eigenvalue weighted by Gasteiger charge is -2.33. The molecular weight excluding hydrogens is 204 g/mol. The molecule has 2 atom stereocenters. The number of ether oxygens (including phenoxy) is 2. The van der Waals surface area contributed by atoms with Crippen molar-refractivity contribution in [1.82, 2.24) is 4.90 Å². The van der Waals surface area contributed by atoms with E-state index in [4.69, 9.17) is 15.2 Å². The van der Waals surface area contributed by atoms with E-state index >= 15 is 0 Å². The molecule has 0 bridgehead atoms. The third kappa shape index (κ3) is 5.25. The smallest absolute Gasteiger partial charge is 0.0700 e. The van der Waals surface area contributed by atoms with Crippen LogP contribution in [0.5, 0.6) is 0 Å². The summed E-state index contributed by atoms with van der Waals surface area (Å²) in [6.07, 6.45) is 3.59. The lowest BCUT2D eigenvalue weighted by Crippen LogP contribution is -2.47. The number of morpholine rings is 1. The van der Waals surface area contributed by atoms with Crippen molar-refractivity contribution >= 4 is 0 Å². The van der Waals surface area contributed by atoms with E-state index in [1.807, 2.05) is 0 Å². The Kier molecular flexibility index (Phi) is 6.96. The van der Waals surface area contributed by atoms with Crippen molar-refractivity contribution in [3.05, 3.63) is 0 Å². The molecule has 1 fully saturated rings. The van der Waals surface area contributed by atoms with Gasteiger partial charge < -0.3 is 15.2 Å². The first-order valence-corrected chi connectivity index (χ1v) is 6.34. The van der Waals surface area contributed by atoms with E-state index in [0.717, 1.165) is 52.1 Å². The molecule has 96 valence electrons. The van der Waals surface area contributed by atoms with Crippen LogP contribution in [0.25, 0.3) is 0 Å². The van der Waals surface area contributed by atoms with E-state index in [1.54, 1.807) is 7.11 Å². The van der Waals surface area contributed by atoms with Crippen LogP contribution in [0.3, 0.4) is 0 Å². The van der Waals surface area contributed by atoms with E-state index in [1.165, 1.54) is 0 Å². The van der Waals surface area contributed by atoms with Gasteiger partial charge >= 0.3 is 0 Å². The molecule has 0 aliphatic carbocycles. The maximum absolute atomic E-state index is 6.09. The zero-order chi connectivity index (χ0) is 11.8. The minimum atomic E-state index is 0.269. The van der Waals surface area contributed by atoms with Crippen LogP contribution < -0.4 is 5.73 Å². The number of nitrogens with two attached hydrogens (primary N) is 1. The van der Waals surface area contributed by atoms with Gasteiger partial charge in [-0.3, -0.25) is 4.90 Å². The molecule has 16 heavy (non-hydrogen) atoms. The molecule has 1 rings (SSSR count). The molecule has 0 radical (unpaired) electrons. The first kappa shape index (κ1) is 13.9. The topological polar surface area (TPSA) is 47.7 Å². The highest BCUT2D eigenvalue weighted by molar-refractivity contribution is 4.74. The minimum absolute atomic E-state index is 0.269. The summed E-state index contributed by atoms with van der Waals surface area (Å²) in [5.41, 5.74) is 6.09. The highest BCUT2D eigenvalue weighted by Gasteiger charge is 2.20. The molecule has 4 heteroatoms. The second kappa shape index (κ2) is 8.01. The van der Waals surface area contributed by atoms with E-state index in [0.29, 0.717) is 6.10 Å². The van der Waals surface area contributed by atoms with Crippen LogP contribution in [-0.4, -0.2) is 57.0 Å². The van der Waals surface area contributed by atoms with Gasteiger partial charge in [0.1, 0.15) is 0 Å². The molecule has 0 aromatic carbocycles. The van der Waals surface area contributed by atoms with Gasteiger partial charge in [0.05, 0.1) is 12.7 Å². The molecule has 2 unspecified atom stereocenters.